The van der Waals surface area contributed by atoms with Crippen molar-refractivity contribution < 1.29 is 24.1 Å². The molecule has 1 aliphatic rings. The van der Waals surface area contributed by atoms with Gasteiger partial charge in [0.2, 0.25) is 6.79 Å². The molecule has 33 heavy (non-hydrogen) atoms. The van der Waals surface area contributed by atoms with E-state index in [-0.39, 0.29) is 25.8 Å². The third-order valence-electron chi connectivity index (χ3n) is 5.06. The molecule has 3 aromatic rings. The molecule has 1 aliphatic heterocycles. The molecule has 0 bridgehead atoms. The first kappa shape index (κ1) is 25.5. The maximum atomic E-state index is 10.6. The molecule has 6 nitrogen and oxygen atoms in total. The number of methoxy groups -OCH3 is 1. The highest BCUT2D eigenvalue weighted by Gasteiger charge is 2.19. The standard InChI is InChI=1S/C24H23BrClNO5.ClH/c1-29-23-9-15(11-27-12-17-4-2-3-5-19(17)26)8-18(25)24(23)30-13-20(28)16-6-7-21-22(10-16)32-14-31-21;/h2-10,20,27-28H,11-14H2,1H3;1H. The topological polar surface area (TPSA) is 69.2 Å². The minimum atomic E-state index is -0.835. The lowest BCUT2D eigenvalue weighted by Gasteiger charge is -2.17. The number of hydrogen-bond donors (Lipinski definition) is 2. The van der Waals surface area contributed by atoms with Gasteiger partial charge in [-0.1, -0.05) is 35.9 Å². The number of fused-ring (bicyclic) bond motifs is 1. The Kier molecular flexibility index (Phi) is 9.11. The smallest absolute Gasteiger partial charge is 0.231 e. The fourth-order valence-electron chi connectivity index (χ4n) is 3.38. The largest absolute Gasteiger partial charge is 0.493 e. The molecule has 2 N–H and O–H groups in total. The lowest BCUT2D eigenvalue weighted by molar-refractivity contribution is 0.105. The third kappa shape index (κ3) is 6.25. The first-order valence-corrected chi connectivity index (χ1v) is 11.2. The van der Waals surface area contributed by atoms with Crippen LogP contribution in [0.2, 0.25) is 5.02 Å². The Morgan fingerprint density at radius 1 is 1.09 bits per heavy atom. The maximum absolute atomic E-state index is 10.6. The van der Waals surface area contributed by atoms with Crippen LogP contribution in [0.4, 0.5) is 0 Å². The summed E-state index contributed by atoms with van der Waals surface area (Å²) in [5.41, 5.74) is 2.74. The average Bonchev–Trinajstić information content (AvgIpc) is 3.27. The van der Waals surface area contributed by atoms with Crippen molar-refractivity contribution in [3.63, 3.8) is 0 Å². The molecular weight excluding hydrogens is 533 g/mol. The van der Waals surface area contributed by atoms with E-state index in [4.69, 9.17) is 30.5 Å². The summed E-state index contributed by atoms with van der Waals surface area (Å²) in [6.45, 7) is 1.52. The minimum absolute atomic E-state index is 0. The highest BCUT2D eigenvalue weighted by molar-refractivity contribution is 9.10. The predicted octanol–water partition coefficient (Wildman–Crippen LogP) is 5.66. The number of aliphatic hydroxyl groups is 1. The summed E-state index contributed by atoms with van der Waals surface area (Å²) in [6.07, 6.45) is -0.835. The van der Waals surface area contributed by atoms with Gasteiger partial charge in [-0.05, 0) is 63.0 Å². The molecule has 0 aromatic heterocycles. The number of aliphatic hydroxyl groups excluding tert-OH is 1. The van der Waals surface area contributed by atoms with Gasteiger partial charge in [0.05, 0.1) is 11.6 Å². The monoisotopic (exact) mass is 555 g/mol. The van der Waals surface area contributed by atoms with Crippen molar-refractivity contribution in [3.8, 4) is 23.0 Å². The van der Waals surface area contributed by atoms with Crippen molar-refractivity contribution in [2.75, 3.05) is 20.5 Å². The molecule has 1 heterocycles. The van der Waals surface area contributed by atoms with E-state index in [0.717, 1.165) is 20.6 Å². The van der Waals surface area contributed by atoms with Crippen LogP contribution >= 0.6 is 39.9 Å². The number of halogens is 3. The van der Waals surface area contributed by atoms with Gasteiger partial charge in [0.15, 0.2) is 23.0 Å². The molecule has 1 atom stereocenters. The van der Waals surface area contributed by atoms with E-state index in [1.54, 1.807) is 25.3 Å². The minimum Gasteiger partial charge on any atom is -0.493 e. The molecule has 9 heteroatoms. The highest BCUT2D eigenvalue weighted by atomic mass is 79.9. The van der Waals surface area contributed by atoms with Crippen molar-refractivity contribution in [3.05, 3.63) is 80.8 Å². The summed E-state index contributed by atoms with van der Waals surface area (Å²) in [5.74, 6) is 2.40. The number of hydrogen-bond acceptors (Lipinski definition) is 6. The van der Waals surface area contributed by atoms with E-state index in [1.807, 2.05) is 36.4 Å². The van der Waals surface area contributed by atoms with Crippen molar-refractivity contribution in [1.82, 2.24) is 5.32 Å². The quantitative estimate of drug-likeness (QED) is 0.354. The first-order chi connectivity index (χ1) is 15.5. The van der Waals surface area contributed by atoms with Crippen LogP contribution in [0.1, 0.15) is 22.8 Å². The van der Waals surface area contributed by atoms with E-state index >= 15 is 0 Å². The fourth-order valence-corrected chi connectivity index (χ4v) is 4.18. The number of rotatable bonds is 9. The molecule has 0 amide bonds. The lowest BCUT2D eigenvalue weighted by Crippen LogP contribution is -2.14. The van der Waals surface area contributed by atoms with Gasteiger partial charge in [-0.15, -0.1) is 12.4 Å². The third-order valence-corrected chi connectivity index (χ3v) is 6.02. The molecule has 0 saturated heterocycles. The van der Waals surface area contributed by atoms with Gasteiger partial charge < -0.3 is 29.4 Å². The van der Waals surface area contributed by atoms with Crippen LogP contribution in [0.5, 0.6) is 23.0 Å². The van der Waals surface area contributed by atoms with Crippen LogP contribution < -0.4 is 24.3 Å². The highest BCUT2D eigenvalue weighted by Crippen LogP contribution is 2.38. The van der Waals surface area contributed by atoms with E-state index in [2.05, 4.69) is 21.2 Å². The Bertz CT molecular complexity index is 1100. The molecule has 0 saturated carbocycles. The molecule has 1 unspecified atom stereocenters. The lowest BCUT2D eigenvalue weighted by atomic mass is 10.1. The van der Waals surface area contributed by atoms with Crippen molar-refractivity contribution in [2.24, 2.45) is 0 Å². The van der Waals surface area contributed by atoms with Crippen molar-refractivity contribution >= 4 is 39.9 Å². The number of ether oxygens (including phenoxy) is 4. The van der Waals surface area contributed by atoms with Gasteiger partial charge in [0, 0.05) is 18.1 Å². The summed E-state index contributed by atoms with van der Waals surface area (Å²) in [6, 6.07) is 17.0. The van der Waals surface area contributed by atoms with E-state index in [0.29, 0.717) is 41.7 Å². The summed E-state index contributed by atoms with van der Waals surface area (Å²) >= 11 is 9.78. The van der Waals surface area contributed by atoms with E-state index in [1.165, 1.54) is 0 Å². The van der Waals surface area contributed by atoms with Gasteiger partial charge in [0.1, 0.15) is 12.7 Å². The predicted molar refractivity (Wildman–Crippen MR) is 133 cm³/mol. The van der Waals surface area contributed by atoms with Crippen LogP contribution in [-0.2, 0) is 13.1 Å². The normalized spacial score (nSPS) is 12.7. The van der Waals surface area contributed by atoms with Gasteiger partial charge >= 0.3 is 0 Å². The SMILES string of the molecule is COc1cc(CNCc2ccccc2Cl)cc(Br)c1OCC(O)c1ccc2c(c1)OCO2.Cl. The van der Waals surface area contributed by atoms with Crippen LogP contribution in [-0.4, -0.2) is 25.6 Å². The van der Waals surface area contributed by atoms with Crippen LogP contribution in [0.3, 0.4) is 0 Å². The van der Waals surface area contributed by atoms with Crippen LogP contribution in [0.25, 0.3) is 0 Å². The Balaban J connectivity index is 0.00000306. The Morgan fingerprint density at radius 2 is 1.88 bits per heavy atom. The van der Waals surface area contributed by atoms with Crippen LogP contribution in [0.15, 0.2) is 59.1 Å². The number of benzene rings is 3. The molecule has 176 valence electrons. The zero-order valence-corrected chi connectivity index (χ0v) is 21.0. The van der Waals surface area contributed by atoms with Crippen LogP contribution in [0, 0.1) is 0 Å². The molecule has 0 aliphatic carbocycles. The summed E-state index contributed by atoms with van der Waals surface area (Å²) < 4.78 is 22.9. The van der Waals surface area contributed by atoms with E-state index < -0.39 is 6.10 Å². The molecule has 0 spiro atoms. The van der Waals surface area contributed by atoms with Crippen molar-refractivity contribution in [2.45, 2.75) is 19.2 Å². The Labute approximate surface area is 212 Å². The van der Waals surface area contributed by atoms with Gasteiger partial charge in [0.25, 0.3) is 0 Å². The van der Waals surface area contributed by atoms with Gasteiger partial charge in [-0.2, -0.15) is 0 Å². The second-order valence-electron chi connectivity index (χ2n) is 7.24. The van der Waals surface area contributed by atoms with Crippen molar-refractivity contribution in [1.29, 1.82) is 0 Å². The molecule has 0 radical (unpaired) electrons. The van der Waals surface area contributed by atoms with E-state index in [9.17, 15) is 5.11 Å². The molecule has 0 fully saturated rings. The average molecular weight is 557 g/mol. The fraction of sp³-hybridized carbons (Fsp3) is 0.250. The molecule has 4 rings (SSSR count). The second-order valence-corrected chi connectivity index (χ2v) is 8.51. The maximum Gasteiger partial charge on any atom is 0.231 e. The molecule has 3 aromatic carbocycles. The number of nitrogens with one attached hydrogen (secondary N) is 1. The Hall–Kier alpha value is -2.16. The van der Waals surface area contributed by atoms with Gasteiger partial charge in [-0.25, -0.2) is 0 Å². The summed E-state index contributed by atoms with van der Waals surface area (Å²) in [5, 5.41) is 14.7. The molecular formula is C24H24BrCl2NO5. The zero-order valence-electron chi connectivity index (χ0n) is 17.8. The zero-order chi connectivity index (χ0) is 22.5. The first-order valence-electron chi connectivity index (χ1n) is 10.1. The summed E-state index contributed by atoms with van der Waals surface area (Å²) in [4.78, 5) is 0. The van der Waals surface area contributed by atoms with Gasteiger partial charge in [-0.3, -0.25) is 0 Å². The Morgan fingerprint density at radius 3 is 2.67 bits per heavy atom. The second kappa shape index (κ2) is 11.8. The summed E-state index contributed by atoms with van der Waals surface area (Å²) in [7, 11) is 1.59.